The van der Waals surface area contributed by atoms with Gasteiger partial charge in [0.2, 0.25) is 5.88 Å². The van der Waals surface area contributed by atoms with Gasteiger partial charge in [0.05, 0.1) is 19.0 Å². The predicted octanol–water partition coefficient (Wildman–Crippen LogP) is 3.15. The van der Waals surface area contributed by atoms with Crippen LogP contribution in [0, 0.1) is 12.7 Å². The van der Waals surface area contributed by atoms with Crippen LogP contribution in [-0.4, -0.2) is 12.1 Å². The molecule has 0 unspecified atom stereocenters. The second-order valence-corrected chi connectivity index (χ2v) is 4.03. The number of ether oxygens (including phenoxy) is 1. The normalized spacial score (nSPS) is 10.2. The third kappa shape index (κ3) is 2.97. The fraction of sp³-hybridized carbons (Fsp3) is 0.214. The van der Waals surface area contributed by atoms with Crippen LogP contribution in [0.3, 0.4) is 0 Å². The minimum absolute atomic E-state index is 0.176. The largest absolute Gasteiger partial charge is 0.481 e. The third-order valence-corrected chi connectivity index (χ3v) is 2.66. The highest BCUT2D eigenvalue weighted by atomic mass is 19.1. The molecule has 0 amide bonds. The summed E-state index contributed by atoms with van der Waals surface area (Å²) in [5.74, 6) is 0.406. The van der Waals surface area contributed by atoms with Crippen molar-refractivity contribution in [3.8, 4) is 5.88 Å². The molecular weight excluding hydrogens is 231 g/mol. The van der Waals surface area contributed by atoms with Crippen LogP contribution in [0.2, 0.25) is 0 Å². The fourth-order valence-corrected chi connectivity index (χ4v) is 1.63. The maximum absolute atomic E-state index is 13.1. The second kappa shape index (κ2) is 5.49. The fourth-order valence-electron chi connectivity index (χ4n) is 1.63. The summed E-state index contributed by atoms with van der Waals surface area (Å²) in [5.41, 5.74) is 2.59. The smallest absolute Gasteiger partial charge is 0.213 e. The Labute approximate surface area is 106 Å². The van der Waals surface area contributed by atoms with Gasteiger partial charge >= 0.3 is 0 Å². The molecule has 94 valence electrons. The molecule has 18 heavy (non-hydrogen) atoms. The van der Waals surface area contributed by atoms with Crippen molar-refractivity contribution >= 4 is 5.69 Å². The van der Waals surface area contributed by atoms with E-state index >= 15 is 0 Å². The van der Waals surface area contributed by atoms with Crippen LogP contribution in [0.1, 0.15) is 11.1 Å². The minimum Gasteiger partial charge on any atom is -0.481 e. The van der Waals surface area contributed by atoms with E-state index in [4.69, 9.17) is 4.74 Å². The van der Waals surface area contributed by atoms with Gasteiger partial charge in [-0.05, 0) is 30.2 Å². The van der Waals surface area contributed by atoms with E-state index in [2.05, 4.69) is 10.3 Å². The Bertz CT molecular complexity index is 526. The first-order valence-corrected chi connectivity index (χ1v) is 5.68. The quantitative estimate of drug-likeness (QED) is 0.899. The van der Waals surface area contributed by atoms with E-state index in [1.807, 2.05) is 12.1 Å². The lowest BCUT2D eigenvalue weighted by molar-refractivity contribution is 0.398. The molecule has 0 aliphatic carbocycles. The lowest BCUT2D eigenvalue weighted by Crippen LogP contribution is -2.00. The van der Waals surface area contributed by atoms with Crippen molar-refractivity contribution in [1.29, 1.82) is 0 Å². The van der Waals surface area contributed by atoms with Crippen molar-refractivity contribution in [1.82, 2.24) is 4.98 Å². The first-order chi connectivity index (χ1) is 8.69. The second-order valence-electron chi connectivity index (χ2n) is 4.03. The van der Waals surface area contributed by atoms with Gasteiger partial charge in [-0.2, -0.15) is 0 Å². The molecule has 0 aliphatic rings. The van der Waals surface area contributed by atoms with Crippen LogP contribution < -0.4 is 10.1 Å². The zero-order valence-corrected chi connectivity index (χ0v) is 10.4. The van der Waals surface area contributed by atoms with Gasteiger partial charge in [0.15, 0.2) is 0 Å². The molecule has 1 N–H and O–H groups in total. The highest BCUT2D eigenvalue weighted by molar-refractivity contribution is 5.43. The molecule has 1 aromatic heterocycles. The molecule has 0 fully saturated rings. The van der Waals surface area contributed by atoms with Gasteiger partial charge in [-0.15, -0.1) is 0 Å². The number of halogens is 1. The van der Waals surface area contributed by atoms with Crippen molar-refractivity contribution in [3.63, 3.8) is 0 Å². The molecule has 0 radical (unpaired) electrons. The van der Waals surface area contributed by atoms with Crippen LogP contribution >= 0.6 is 0 Å². The number of rotatable bonds is 4. The summed E-state index contributed by atoms with van der Waals surface area (Å²) in [4.78, 5) is 4.10. The summed E-state index contributed by atoms with van der Waals surface area (Å²) in [5, 5.41) is 3.22. The maximum atomic E-state index is 13.1. The van der Waals surface area contributed by atoms with E-state index in [1.165, 1.54) is 6.07 Å². The van der Waals surface area contributed by atoms with Crippen molar-refractivity contribution in [3.05, 3.63) is 53.5 Å². The average molecular weight is 246 g/mol. The Kier molecular flexibility index (Phi) is 3.77. The molecule has 4 heteroatoms. The van der Waals surface area contributed by atoms with E-state index in [0.29, 0.717) is 18.0 Å². The molecule has 2 rings (SSSR count). The van der Waals surface area contributed by atoms with Crippen molar-refractivity contribution in [2.45, 2.75) is 13.5 Å². The topological polar surface area (TPSA) is 34.1 Å². The maximum Gasteiger partial charge on any atom is 0.213 e. The van der Waals surface area contributed by atoms with Crippen molar-refractivity contribution in [2.75, 3.05) is 12.4 Å². The van der Waals surface area contributed by atoms with Gasteiger partial charge in [0, 0.05) is 12.6 Å². The third-order valence-electron chi connectivity index (χ3n) is 2.66. The van der Waals surface area contributed by atoms with Gasteiger partial charge in [0.1, 0.15) is 5.82 Å². The molecule has 0 saturated carbocycles. The van der Waals surface area contributed by atoms with E-state index in [-0.39, 0.29) is 5.82 Å². The zero-order chi connectivity index (χ0) is 13.0. The van der Waals surface area contributed by atoms with Crippen molar-refractivity contribution < 1.29 is 9.13 Å². The SMILES string of the molecule is COc1ccc(NCc2ccc(F)c(C)c2)cn1. The standard InChI is InChI=1S/C14H15FN2O/c1-10-7-11(3-5-13(10)15)8-16-12-4-6-14(18-2)17-9-12/h3-7,9,16H,8H2,1-2H3. The predicted molar refractivity (Wildman–Crippen MR) is 69.3 cm³/mol. The molecule has 0 bridgehead atoms. The van der Waals surface area contributed by atoms with E-state index < -0.39 is 0 Å². The minimum atomic E-state index is -0.176. The van der Waals surface area contributed by atoms with E-state index in [0.717, 1.165) is 11.3 Å². The van der Waals surface area contributed by atoms with Crippen LogP contribution in [0.25, 0.3) is 0 Å². The number of benzene rings is 1. The number of pyridine rings is 1. The first kappa shape index (κ1) is 12.4. The van der Waals surface area contributed by atoms with Gasteiger partial charge in [0.25, 0.3) is 0 Å². The van der Waals surface area contributed by atoms with Gasteiger partial charge < -0.3 is 10.1 Å². The van der Waals surface area contributed by atoms with Gasteiger partial charge in [-0.1, -0.05) is 12.1 Å². The Morgan fingerprint density at radius 3 is 2.72 bits per heavy atom. The summed E-state index contributed by atoms with van der Waals surface area (Å²) in [6.07, 6.45) is 1.70. The molecule has 0 atom stereocenters. The molecular formula is C14H15FN2O. The number of aryl methyl sites for hydroxylation is 1. The highest BCUT2D eigenvalue weighted by Gasteiger charge is 2.00. The number of aromatic nitrogens is 1. The highest BCUT2D eigenvalue weighted by Crippen LogP contribution is 2.14. The summed E-state index contributed by atoms with van der Waals surface area (Å²) < 4.78 is 18.1. The number of nitrogens with zero attached hydrogens (tertiary/aromatic N) is 1. The van der Waals surface area contributed by atoms with E-state index in [9.17, 15) is 4.39 Å². The van der Waals surface area contributed by atoms with Crippen molar-refractivity contribution in [2.24, 2.45) is 0 Å². The molecule has 3 nitrogen and oxygen atoms in total. The number of anilines is 1. The Hall–Kier alpha value is -2.10. The van der Waals surface area contributed by atoms with Gasteiger partial charge in [-0.25, -0.2) is 9.37 Å². The molecule has 0 spiro atoms. The molecule has 1 heterocycles. The molecule has 0 saturated heterocycles. The molecule has 1 aromatic carbocycles. The molecule has 0 aliphatic heterocycles. The lowest BCUT2D eigenvalue weighted by Gasteiger charge is -2.07. The Morgan fingerprint density at radius 2 is 2.11 bits per heavy atom. The van der Waals surface area contributed by atoms with Gasteiger partial charge in [-0.3, -0.25) is 0 Å². The van der Waals surface area contributed by atoms with Crippen LogP contribution in [0.4, 0.5) is 10.1 Å². The average Bonchev–Trinajstić information content (AvgIpc) is 2.41. The Morgan fingerprint density at radius 1 is 1.28 bits per heavy atom. The monoisotopic (exact) mass is 246 g/mol. The first-order valence-electron chi connectivity index (χ1n) is 5.68. The number of hydrogen-bond acceptors (Lipinski definition) is 3. The summed E-state index contributed by atoms with van der Waals surface area (Å²) in [6, 6.07) is 8.77. The van der Waals surface area contributed by atoms with E-state index in [1.54, 1.807) is 32.4 Å². The van der Waals surface area contributed by atoms with Crippen LogP contribution in [0.15, 0.2) is 36.5 Å². The number of nitrogens with one attached hydrogen (secondary N) is 1. The lowest BCUT2D eigenvalue weighted by atomic mass is 10.1. The van der Waals surface area contributed by atoms with Crippen LogP contribution in [0.5, 0.6) is 5.88 Å². The van der Waals surface area contributed by atoms with Crippen LogP contribution in [-0.2, 0) is 6.54 Å². The summed E-state index contributed by atoms with van der Waals surface area (Å²) in [7, 11) is 1.58. The number of methoxy groups -OCH3 is 1. The molecule has 2 aromatic rings. The Balaban J connectivity index is 1.99. The number of hydrogen-bond donors (Lipinski definition) is 1. The zero-order valence-electron chi connectivity index (χ0n) is 10.4. The summed E-state index contributed by atoms with van der Waals surface area (Å²) in [6.45, 7) is 2.39. The summed E-state index contributed by atoms with van der Waals surface area (Å²) >= 11 is 0.